The van der Waals surface area contributed by atoms with Crippen molar-refractivity contribution in [2.24, 2.45) is 13.0 Å². The highest BCUT2D eigenvalue weighted by Gasteiger charge is 2.47. The predicted octanol–water partition coefficient (Wildman–Crippen LogP) is 3.76. The Balaban J connectivity index is 1.83. The molecule has 1 fully saturated rings. The number of carbonyl (C=O) groups is 1. The van der Waals surface area contributed by atoms with Crippen LogP contribution in [0.3, 0.4) is 0 Å². The highest BCUT2D eigenvalue weighted by atomic mass is 35.5. The largest absolute Gasteiger partial charge is 0.308 e. The molecule has 2 aromatic rings. The quantitative estimate of drug-likeness (QED) is 0.853. The Hall–Kier alpha value is -1.88. The monoisotopic (exact) mass is 335 g/mol. The van der Waals surface area contributed by atoms with Crippen LogP contribution in [0.5, 0.6) is 0 Å². The second kappa shape index (κ2) is 5.96. The molecular weight excluding hydrogens is 317 g/mol. The van der Waals surface area contributed by atoms with Gasteiger partial charge in [-0.15, -0.1) is 0 Å². The SMILES string of the molecule is CC(C)N(C(=O)[C@@H]1C[C@@H]1c1cnn(C)c1)c1ccc(F)cc1Cl. The number of aryl methyl sites for hydroxylation is 1. The number of benzene rings is 1. The van der Waals surface area contributed by atoms with Crippen LogP contribution in [-0.4, -0.2) is 21.7 Å². The lowest BCUT2D eigenvalue weighted by molar-refractivity contribution is -0.120. The van der Waals surface area contributed by atoms with Crippen LogP contribution >= 0.6 is 11.6 Å². The minimum absolute atomic E-state index is 0.0300. The molecule has 6 heteroatoms. The third-order valence-corrected chi connectivity index (χ3v) is 4.49. The molecule has 4 nitrogen and oxygen atoms in total. The van der Waals surface area contributed by atoms with Gasteiger partial charge in [0.2, 0.25) is 5.91 Å². The number of rotatable bonds is 4. The first-order valence-electron chi connectivity index (χ1n) is 7.65. The van der Waals surface area contributed by atoms with Crippen LogP contribution in [0.15, 0.2) is 30.6 Å². The molecule has 0 radical (unpaired) electrons. The second-order valence-electron chi connectivity index (χ2n) is 6.29. The molecule has 1 heterocycles. The molecule has 1 aromatic heterocycles. The van der Waals surface area contributed by atoms with Crippen molar-refractivity contribution in [1.82, 2.24) is 9.78 Å². The van der Waals surface area contributed by atoms with Crippen molar-refractivity contribution in [2.75, 3.05) is 4.90 Å². The predicted molar refractivity (Wildman–Crippen MR) is 88.1 cm³/mol. The Morgan fingerprint density at radius 2 is 2.22 bits per heavy atom. The number of hydrogen-bond acceptors (Lipinski definition) is 2. The summed E-state index contributed by atoms with van der Waals surface area (Å²) in [5.74, 6) is -0.240. The van der Waals surface area contributed by atoms with Gasteiger partial charge in [-0.05, 0) is 49.9 Å². The lowest BCUT2D eigenvalue weighted by Gasteiger charge is -2.28. The van der Waals surface area contributed by atoms with E-state index >= 15 is 0 Å². The van der Waals surface area contributed by atoms with Gasteiger partial charge in [-0.25, -0.2) is 4.39 Å². The van der Waals surface area contributed by atoms with E-state index in [0.717, 1.165) is 12.0 Å². The van der Waals surface area contributed by atoms with E-state index in [4.69, 9.17) is 11.6 Å². The zero-order valence-electron chi connectivity index (χ0n) is 13.3. The summed E-state index contributed by atoms with van der Waals surface area (Å²) in [7, 11) is 1.86. The van der Waals surface area contributed by atoms with Crippen LogP contribution in [0.4, 0.5) is 10.1 Å². The zero-order chi connectivity index (χ0) is 16.7. The average Bonchev–Trinajstić information content (AvgIpc) is 3.16. The average molecular weight is 336 g/mol. The van der Waals surface area contributed by atoms with Gasteiger partial charge in [0.15, 0.2) is 0 Å². The molecule has 0 aliphatic heterocycles. The van der Waals surface area contributed by atoms with Crippen LogP contribution in [0.2, 0.25) is 5.02 Å². The van der Waals surface area contributed by atoms with E-state index in [1.807, 2.05) is 33.3 Å². The van der Waals surface area contributed by atoms with Crippen LogP contribution in [-0.2, 0) is 11.8 Å². The van der Waals surface area contributed by atoms with E-state index in [2.05, 4.69) is 5.10 Å². The number of carbonyl (C=O) groups excluding carboxylic acids is 1. The van der Waals surface area contributed by atoms with E-state index in [1.54, 1.807) is 15.6 Å². The maximum Gasteiger partial charge on any atom is 0.231 e. The van der Waals surface area contributed by atoms with Gasteiger partial charge in [0.25, 0.3) is 0 Å². The fraction of sp³-hybridized carbons (Fsp3) is 0.412. The maximum absolute atomic E-state index is 13.3. The van der Waals surface area contributed by atoms with Crippen molar-refractivity contribution in [2.45, 2.75) is 32.2 Å². The lowest BCUT2D eigenvalue weighted by Crippen LogP contribution is -2.38. The first-order valence-corrected chi connectivity index (χ1v) is 8.03. The Morgan fingerprint density at radius 3 is 2.78 bits per heavy atom. The first-order chi connectivity index (χ1) is 10.9. The second-order valence-corrected chi connectivity index (χ2v) is 6.70. The number of hydrogen-bond donors (Lipinski definition) is 0. The van der Waals surface area contributed by atoms with Gasteiger partial charge in [-0.1, -0.05) is 11.6 Å². The molecule has 1 amide bonds. The van der Waals surface area contributed by atoms with Crippen molar-refractivity contribution in [3.8, 4) is 0 Å². The van der Waals surface area contributed by atoms with Crippen molar-refractivity contribution in [1.29, 1.82) is 0 Å². The summed E-state index contributed by atoms with van der Waals surface area (Å²) >= 11 is 6.15. The number of aromatic nitrogens is 2. The highest BCUT2D eigenvalue weighted by molar-refractivity contribution is 6.33. The van der Waals surface area contributed by atoms with E-state index < -0.39 is 5.82 Å². The van der Waals surface area contributed by atoms with Crippen LogP contribution in [0.25, 0.3) is 0 Å². The summed E-state index contributed by atoms with van der Waals surface area (Å²) in [5, 5.41) is 4.42. The molecule has 0 unspecified atom stereocenters. The Bertz CT molecular complexity index is 743. The van der Waals surface area contributed by atoms with Crippen molar-refractivity contribution >= 4 is 23.2 Å². The third kappa shape index (κ3) is 3.11. The zero-order valence-corrected chi connectivity index (χ0v) is 14.1. The van der Waals surface area contributed by atoms with Crippen LogP contribution < -0.4 is 4.90 Å². The van der Waals surface area contributed by atoms with Gasteiger partial charge in [-0.2, -0.15) is 5.10 Å². The summed E-state index contributed by atoms with van der Waals surface area (Å²) in [6.07, 6.45) is 4.57. The number of halogens is 2. The van der Waals surface area contributed by atoms with Gasteiger partial charge in [0.05, 0.1) is 16.9 Å². The van der Waals surface area contributed by atoms with E-state index in [1.165, 1.54) is 12.1 Å². The minimum atomic E-state index is -0.408. The fourth-order valence-corrected chi connectivity index (χ4v) is 3.23. The summed E-state index contributed by atoms with van der Waals surface area (Å²) < 4.78 is 15.0. The highest BCUT2D eigenvalue weighted by Crippen LogP contribution is 2.49. The topological polar surface area (TPSA) is 38.1 Å². The van der Waals surface area contributed by atoms with Gasteiger partial charge in [0.1, 0.15) is 5.82 Å². The number of nitrogens with zero attached hydrogens (tertiary/aromatic N) is 3. The summed E-state index contributed by atoms with van der Waals surface area (Å²) in [4.78, 5) is 14.6. The van der Waals surface area contributed by atoms with Crippen molar-refractivity contribution in [3.05, 3.63) is 47.0 Å². The molecule has 2 atom stereocenters. The molecule has 23 heavy (non-hydrogen) atoms. The van der Waals surface area contributed by atoms with E-state index in [-0.39, 0.29) is 28.8 Å². The standard InChI is InChI=1S/C17H19ClFN3O/c1-10(2)22(16-5-4-12(19)6-15(16)18)17(23)14-7-13(14)11-8-20-21(3)9-11/h4-6,8-10,13-14H,7H2,1-3H3/t13-,14-/m1/s1. The van der Waals surface area contributed by atoms with Gasteiger partial charge < -0.3 is 4.90 Å². The lowest BCUT2D eigenvalue weighted by atomic mass is 10.1. The molecule has 1 aliphatic rings. The number of amides is 1. The van der Waals surface area contributed by atoms with Gasteiger partial charge in [0, 0.05) is 25.2 Å². The molecule has 1 aliphatic carbocycles. The molecule has 0 N–H and O–H groups in total. The molecule has 1 aromatic carbocycles. The van der Waals surface area contributed by atoms with Crippen molar-refractivity contribution < 1.29 is 9.18 Å². The molecule has 122 valence electrons. The van der Waals surface area contributed by atoms with Crippen LogP contribution in [0, 0.1) is 11.7 Å². The molecular formula is C17H19ClFN3O. The third-order valence-electron chi connectivity index (χ3n) is 4.18. The molecule has 0 saturated heterocycles. The van der Waals surface area contributed by atoms with Gasteiger partial charge in [-0.3, -0.25) is 9.48 Å². The molecule has 0 bridgehead atoms. The normalized spacial score (nSPS) is 19.9. The molecule has 3 rings (SSSR count). The van der Waals surface area contributed by atoms with E-state index in [9.17, 15) is 9.18 Å². The Labute approximate surface area is 139 Å². The molecule has 1 saturated carbocycles. The van der Waals surface area contributed by atoms with Gasteiger partial charge >= 0.3 is 0 Å². The fourth-order valence-electron chi connectivity index (χ4n) is 2.97. The molecule has 0 spiro atoms. The smallest absolute Gasteiger partial charge is 0.231 e. The maximum atomic E-state index is 13.3. The summed E-state index contributed by atoms with van der Waals surface area (Å²) in [6.45, 7) is 3.86. The number of anilines is 1. The van der Waals surface area contributed by atoms with Crippen LogP contribution in [0.1, 0.15) is 31.7 Å². The first kappa shape index (κ1) is 16.0. The minimum Gasteiger partial charge on any atom is -0.308 e. The summed E-state index contributed by atoms with van der Waals surface area (Å²) in [6, 6.07) is 4.08. The Morgan fingerprint density at radius 1 is 1.48 bits per heavy atom. The Kier molecular flexibility index (Phi) is 4.15. The summed E-state index contributed by atoms with van der Waals surface area (Å²) in [5.41, 5.74) is 1.64. The van der Waals surface area contributed by atoms with Crippen molar-refractivity contribution in [3.63, 3.8) is 0 Å². The van der Waals surface area contributed by atoms with E-state index in [0.29, 0.717) is 5.69 Å².